The van der Waals surface area contributed by atoms with Gasteiger partial charge in [-0.2, -0.15) is 0 Å². The van der Waals surface area contributed by atoms with Crippen LogP contribution < -0.4 is 11.1 Å². The van der Waals surface area contributed by atoms with Gasteiger partial charge in [0.05, 0.1) is 0 Å². The molecule has 0 saturated carbocycles. The lowest BCUT2D eigenvalue weighted by Gasteiger charge is -2.05. The topological polar surface area (TPSA) is 58.4 Å². The summed E-state index contributed by atoms with van der Waals surface area (Å²) in [6.45, 7) is 1.40. The molecule has 0 aliphatic heterocycles. The molecule has 18 heavy (non-hydrogen) atoms. The van der Waals surface area contributed by atoms with Crippen LogP contribution in [-0.2, 0) is 11.2 Å². The highest BCUT2D eigenvalue weighted by Gasteiger charge is 1.96. The number of nitrogens with two attached hydrogens (primary N) is 1. The Labute approximate surface area is 108 Å². The second kappa shape index (κ2) is 7.50. The Morgan fingerprint density at radius 2 is 2.00 bits per heavy atom. The van der Waals surface area contributed by atoms with Crippen LogP contribution >= 0.6 is 0 Å². The molecule has 1 amide bonds. The van der Waals surface area contributed by atoms with Crippen molar-refractivity contribution in [1.29, 1.82) is 0 Å². The number of anilines is 1. The van der Waals surface area contributed by atoms with Crippen molar-refractivity contribution in [1.82, 2.24) is 10.2 Å². The molecule has 0 unspecified atom stereocenters. The van der Waals surface area contributed by atoms with E-state index in [1.54, 1.807) is 6.08 Å². The van der Waals surface area contributed by atoms with Crippen LogP contribution in [0.4, 0.5) is 5.69 Å². The maximum Gasteiger partial charge on any atom is 0.243 e. The van der Waals surface area contributed by atoms with Crippen molar-refractivity contribution in [2.75, 3.05) is 32.9 Å². The molecule has 98 valence electrons. The van der Waals surface area contributed by atoms with Crippen LogP contribution in [0.2, 0.25) is 0 Å². The fourth-order valence-corrected chi connectivity index (χ4v) is 1.44. The number of hydrogen-bond donors (Lipinski definition) is 2. The molecule has 0 aliphatic carbocycles. The molecule has 0 fully saturated rings. The first-order chi connectivity index (χ1) is 8.58. The van der Waals surface area contributed by atoms with Gasteiger partial charge in [-0.1, -0.05) is 18.2 Å². The summed E-state index contributed by atoms with van der Waals surface area (Å²) in [6, 6.07) is 7.69. The van der Waals surface area contributed by atoms with E-state index < -0.39 is 0 Å². The first-order valence-electron chi connectivity index (χ1n) is 6.01. The zero-order chi connectivity index (χ0) is 13.4. The summed E-state index contributed by atoms with van der Waals surface area (Å²) < 4.78 is 0. The van der Waals surface area contributed by atoms with Crippen LogP contribution in [0.1, 0.15) is 5.56 Å². The predicted octanol–water partition coefficient (Wildman–Crippen LogP) is 1.05. The SMILES string of the molecule is CN(C)C/C=C/C(=O)NCCc1ccc(N)cc1. The van der Waals surface area contributed by atoms with E-state index in [-0.39, 0.29) is 5.91 Å². The van der Waals surface area contributed by atoms with Crippen molar-refractivity contribution in [2.45, 2.75) is 6.42 Å². The van der Waals surface area contributed by atoms with Crippen LogP contribution in [0.25, 0.3) is 0 Å². The van der Waals surface area contributed by atoms with Crippen LogP contribution in [0.3, 0.4) is 0 Å². The van der Waals surface area contributed by atoms with Gasteiger partial charge in [0.25, 0.3) is 0 Å². The van der Waals surface area contributed by atoms with E-state index in [1.807, 2.05) is 49.3 Å². The molecule has 0 heterocycles. The number of hydrogen-bond acceptors (Lipinski definition) is 3. The molecule has 1 rings (SSSR count). The Bertz CT molecular complexity index is 396. The molecule has 4 heteroatoms. The largest absolute Gasteiger partial charge is 0.399 e. The summed E-state index contributed by atoms with van der Waals surface area (Å²) in [7, 11) is 3.92. The van der Waals surface area contributed by atoms with Crippen molar-refractivity contribution in [3.8, 4) is 0 Å². The third kappa shape index (κ3) is 6.06. The fourth-order valence-electron chi connectivity index (χ4n) is 1.44. The summed E-state index contributed by atoms with van der Waals surface area (Å²) in [4.78, 5) is 13.4. The number of nitrogens with one attached hydrogen (secondary N) is 1. The van der Waals surface area contributed by atoms with Crippen molar-refractivity contribution < 1.29 is 4.79 Å². The van der Waals surface area contributed by atoms with Gasteiger partial charge < -0.3 is 16.0 Å². The molecule has 4 nitrogen and oxygen atoms in total. The van der Waals surface area contributed by atoms with Crippen molar-refractivity contribution in [3.63, 3.8) is 0 Å². The zero-order valence-corrected chi connectivity index (χ0v) is 11.0. The van der Waals surface area contributed by atoms with E-state index in [9.17, 15) is 4.79 Å². The lowest BCUT2D eigenvalue weighted by Crippen LogP contribution is -2.24. The second-order valence-corrected chi connectivity index (χ2v) is 4.45. The summed E-state index contributed by atoms with van der Waals surface area (Å²) in [5, 5.41) is 2.84. The smallest absolute Gasteiger partial charge is 0.243 e. The first kappa shape index (κ1) is 14.3. The standard InChI is InChI=1S/C14H21N3O/c1-17(2)11-3-4-14(18)16-10-9-12-5-7-13(15)8-6-12/h3-8H,9-11,15H2,1-2H3,(H,16,18)/b4-3+. The van der Waals surface area contributed by atoms with Gasteiger partial charge in [-0.3, -0.25) is 4.79 Å². The summed E-state index contributed by atoms with van der Waals surface area (Å²) >= 11 is 0. The Balaban J connectivity index is 2.23. The van der Waals surface area contributed by atoms with Gasteiger partial charge in [-0.15, -0.1) is 0 Å². The average Bonchev–Trinajstić information content (AvgIpc) is 2.31. The van der Waals surface area contributed by atoms with Gasteiger partial charge in [-0.05, 0) is 38.2 Å². The van der Waals surface area contributed by atoms with Crippen LogP contribution in [-0.4, -0.2) is 38.0 Å². The van der Waals surface area contributed by atoms with Gasteiger partial charge in [-0.25, -0.2) is 0 Å². The van der Waals surface area contributed by atoms with Gasteiger partial charge in [0.15, 0.2) is 0 Å². The minimum atomic E-state index is -0.0488. The van der Waals surface area contributed by atoms with E-state index in [2.05, 4.69) is 5.32 Å². The maximum absolute atomic E-state index is 11.4. The Morgan fingerprint density at radius 3 is 2.61 bits per heavy atom. The highest BCUT2D eigenvalue weighted by atomic mass is 16.1. The Morgan fingerprint density at radius 1 is 1.33 bits per heavy atom. The van der Waals surface area contributed by atoms with Crippen molar-refractivity contribution >= 4 is 11.6 Å². The predicted molar refractivity (Wildman–Crippen MR) is 75.3 cm³/mol. The highest BCUT2D eigenvalue weighted by Crippen LogP contribution is 2.05. The quantitative estimate of drug-likeness (QED) is 0.583. The molecule has 0 aliphatic rings. The second-order valence-electron chi connectivity index (χ2n) is 4.45. The summed E-state index contributed by atoms with van der Waals surface area (Å²) in [5.41, 5.74) is 7.53. The number of benzene rings is 1. The lowest BCUT2D eigenvalue weighted by molar-refractivity contribution is -0.116. The molecular formula is C14H21N3O. The third-order valence-corrected chi connectivity index (χ3v) is 2.43. The first-order valence-corrected chi connectivity index (χ1v) is 6.01. The van der Waals surface area contributed by atoms with Crippen molar-refractivity contribution in [3.05, 3.63) is 42.0 Å². The Kier molecular flexibility index (Phi) is 5.94. The van der Waals surface area contributed by atoms with E-state index >= 15 is 0 Å². The molecule has 0 radical (unpaired) electrons. The minimum Gasteiger partial charge on any atom is -0.399 e. The van der Waals surface area contributed by atoms with Crippen LogP contribution in [0, 0.1) is 0 Å². The maximum atomic E-state index is 11.4. The molecule has 1 aromatic rings. The summed E-state index contributed by atoms with van der Waals surface area (Å²) in [5.74, 6) is -0.0488. The Hall–Kier alpha value is -1.81. The van der Waals surface area contributed by atoms with Crippen molar-refractivity contribution in [2.24, 2.45) is 0 Å². The molecular weight excluding hydrogens is 226 g/mol. The molecule has 0 bridgehead atoms. The highest BCUT2D eigenvalue weighted by molar-refractivity contribution is 5.87. The summed E-state index contributed by atoms with van der Waals surface area (Å²) in [6.07, 6.45) is 4.23. The van der Waals surface area contributed by atoms with Gasteiger partial charge in [0.2, 0.25) is 5.91 Å². The monoisotopic (exact) mass is 247 g/mol. The number of rotatable bonds is 6. The van der Waals surface area contributed by atoms with Gasteiger partial charge in [0.1, 0.15) is 0 Å². The number of nitrogen functional groups attached to an aromatic ring is 1. The number of nitrogens with zero attached hydrogens (tertiary/aromatic N) is 1. The lowest BCUT2D eigenvalue weighted by atomic mass is 10.1. The van der Waals surface area contributed by atoms with Crippen LogP contribution in [0.5, 0.6) is 0 Å². The number of likely N-dealkylation sites (N-methyl/N-ethyl adjacent to an activating group) is 1. The molecule has 1 aromatic carbocycles. The molecule has 0 aromatic heterocycles. The normalized spacial score (nSPS) is 11.1. The van der Waals surface area contributed by atoms with E-state index in [0.717, 1.165) is 18.7 Å². The van der Waals surface area contributed by atoms with E-state index in [1.165, 1.54) is 5.56 Å². The fraction of sp³-hybridized carbons (Fsp3) is 0.357. The van der Waals surface area contributed by atoms with E-state index in [4.69, 9.17) is 5.73 Å². The molecule has 0 spiro atoms. The molecule has 0 saturated heterocycles. The van der Waals surface area contributed by atoms with E-state index in [0.29, 0.717) is 6.54 Å². The molecule has 0 atom stereocenters. The molecule has 3 N–H and O–H groups in total. The third-order valence-electron chi connectivity index (χ3n) is 2.43. The average molecular weight is 247 g/mol. The number of carbonyl (C=O) groups is 1. The number of carbonyl (C=O) groups excluding carboxylic acids is 1. The van der Waals surface area contributed by atoms with Crippen LogP contribution in [0.15, 0.2) is 36.4 Å². The zero-order valence-electron chi connectivity index (χ0n) is 11.0. The minimum absolute atomic E-state index is 0.0488. The van der Waals surface area contributed by atoms with Gasteiger partial charge >= 0.3 is 0 Å². The number of amides is 1. The van der Waals surface area contributed by atoms with Gasteiger partial charge in [0, 0.05) is 24.9 Å².